The van der Waals surface area contributed by atoms with Crippen LogP contribution in [0.1, 0.15) is 20.3 Å². The van der Waals surface area contributed by atoms with E-state index >= 15 is 0 Å². The third-order valence-corrected chi connectivity index (χ3v) is 3.57. The van der Waals surface area contributed by atoms with E-state index in [4.69, 9.17) is 14.9 Å². The van der Waals surface area contributed by atoms with E-state index < -0.39 is 23.2 Å². The third kappa shape index (κ3) is 3.00. The number of aliphatic hydroxyl groups excluding tert-OH is 1. The van der Waals surface area contributed by atoms with E-state index in [1.807, 2.05) is 0 Å². The van der Waals surface area contributed by atoms with Gasteiger partial charge in [-0.2, -0.15) is 0 Å². The van der Waals surface area contributed by atoms with Crippen molar-refractivity contribution >= 4 is 11.9 Å². The highest BCUT2D eigenvalue weighted by atomic mass is 16.5. The molecule has 0 radical (unpaired) electrons. The Morgan fingerprint density at radius 2 is 2.00 bits per heavy atom. The molecule has 104 valence electrons. The molecule has 1 rings (SSSR count). The number of nitrogens with one attached hydrogen (secondary N) is 1. The first-order chi connectivity index (χ1) is 8.36. The molecule has 1 aliphatic rings. The monoisotopic (exact) mass is 259 g/mol. The molecule has 0 bridgehead atoms. The Labute approximate surface area is 106 Å². The lowest BCUT2D eigenvalue weighted by molar-refractivity contribution is -0.140. The van der Waals surface area contributed by atoms with Crippen LogP contribution in [0, 0.1) is 17.3 Å². The molecule has 0 aliphatic heterocycles. The minimum Gasteiger partial charge on any atom is -0.481 e. The molecule has 6 nitrogen and oxygen atoms in total. The van der Waals surface area contributed by atoms with Gasteiger partial charge in [-0.25, -0.2) is 0 Å². The van der Waals surface area contributed by atoms with Crippen molar-refractivity contribution in [2.45, 2.75) is 26.3 Å². The molecule has 0 saturated heterocycles. The van der Waals surface area contributed by atoms with Crippen LogP contribution in [-0.4, -0.2) is 48.5 Å². The van der Waals surface area contributed by atoms with Gasteiger partial charge in [0.25, 0.3) is 0 Å². The van der Waals surface area contributed by atoms with Crippen LogP contribution in [0.4, 0.5) is 0 Å². The summed E-state index contributed by atoms with van der Waals surface area (Å²) >= 11 is 0. The van der Waals surface area contributed by atoms with Gasteiger partial charge in [-0.1, -0.05) is 13.8 Å². The lowest BCUT2D eigenvalue weighted by Gasteiger charge is -2.17. The molecule has 18 heavy (non-hydrogen) atoms. The molecule has 0 aromatic rings. The Bertz CT molecular complexity index is 322. The molecule has 0 aromatic heterocycles. The Morgan fingerprint density at radius 3 is 2.39 bits per heavy atom. The zero-order valence-electron chi connectivity index (χ0n) is 11.0. The number of methoxy groups -OCH3 is 1. The van der Waals surface area contributed by atoms with Gasteiger partial charge in [-0.15, -0.1) is 0 Å². The average Bonchev–Trinajstić information content (AvgIpc) is 2.82. The fourth-order valence-electron chi connectivity index (χ4n) is 2.43. The molecular weight excluding hydrogens is 238 g/mol. The number of rotatable bonds is 7. The fraction of sp³-hybridized carbons (Fsp3) is 0.833. The first-order valence-electron chi connectivity index (χ1n) is 5.99. The van der Waals surface area contributed by atoms with Gasteiger partial charge in [-0.05, 0) is 11.8 Å². The van der Waals surface area contributed by atoms with Crippen LogP contribution in [0.25, 0.3) is 0 Å². The SMILES string of the molecule is COCC(CCO)NC(=O)[C@H]1[C@@H](C(=O)O)C1(C)C. The number of aliphatic hydroxyl groups is 1. The molecule has 6 heteroatoms. The van der Waals surface area contributed by atoms with E-state index in [1.165, 1.54) is 7.11 Å². The van der Waals surface area contributed by atoms with Gasteiger partial charge in [-0.3, -0.25) is 9.59 Å². The minimum atomic E-state index is -0.939. The Balaban J connectivity index is 2.58. The zero-order valence-corrected chi connectivity index (χ0v) is 11.0. The standard InChI is InChI=1S/C12H21NO5/c1-12(2)8(9(12)11(16)17)10(15)13-7(4-5-14)6-18-3/h7-9,14H,4-6H2,1-3H3,(H,13,15)(H,16,17)/t7?,8-,9+/m1/s1. The number of carboxylic acids is 1. The zero-order chi connectivity index (χ0) is 13.9. The Hall–Kier alpha value is -1.14. The molecule has 3 N–H and O–H groups in total. The summed E-state index contributed by atoms with van der Waals surface area (Å²) < 4.78 is 4.94. The highest BCUT2D eigenvalue weighted by molar-refractivity contribution is 5.91. The van der Waals surface area contributed by atoms with Crippen LogP contribution >= 0.6 is 0 Å². The maximum atomic E-state index is 12.0. The van der Waals surface area contributed by atoms with Gasteiger partial charge in [0.1, 0.15) is 0 Å². The molecule has 1 saturated carbocycles. The van der Waals surface area contributed by atoms with Crippen molar-refractivity contribution < 1.29 is 24.5 Å². The number of hydrogen-bond donors (Lipinski definition) is 3. The molecule has 1 unspecified atom stereocenters. The van der Waals surface area contributed by atoms with E-state index in [-0.39, 0.29) is 18.6 Å². The summed E-state index contributed by atoms with van der Waals surface area (Å²) in [5, 5.41) is 20.6. The summed E-state index contributed by atoms with van der Waals surface area (Å²) in [5.41, 5.74) is -0.507. The Kier molecular flexibility index (Phi) is 4.70. The molecule has 1 aliphatic carbocycles. The smallest absolute Gasteiger partial charge is 0.307 e. The first kappa shape index (κ1) is 14.9. The summed E-state index contributed by atoms with van der Waals surface area (Å²) in [5.74, 6) is -2.35. The molecule has 1 amide bonds. The van der Waals surface area contributed by atoms with Crippen molar-refractivity contribution in [3.05, 3.63) is 0 Å². The number of carbonyl (C=O) groups is 2. The summed E-state index contributed by atoms with van der Waals surface area (Å²) in [6.07, 6.45) is 0.393. The van der Waals surface area contributed by atoms with Crippen LogP contribution in [0.5, 0.6) is 0 Å². The molecular formula is C12H21NO5. The third-order valence-electron chi connectivity index (χ3n) is 3.57. The van der Waals surface area contributed by atoms with Crippen molar-refractivity contribution in [3.8, 4) is 0 Å². The van der Waals surface area contributed by atoms with Crippen LogP contribution in [-0.2, 0) is 14.3 Å². The normalized spacial score (nSPS) is 26.4. The van der Waals surface area contributed by atoms with Crippen molar-refractivity contribution in [3.63, 3.8) is 0 Å². The van der Waals surface area contributed by atoms with Crippen LogP contribution in [0.2, 0.25) is 0 Å². The van der Waals surface area contributed by atoms with E-state index in [0.29, 0.717) is 13.0 Å². The number of ether oxygens (including phenoxy) is 1. The molecule has 1 fully saturated rings. The van der Waals surface area contributed by atoms with Gasteiger partial charge < -0.3 is 20.3 Å². The fourth-order valence-corrected chi connectivity index (χ4v) is 2.43. The van der Waals surface area contributed by atoms with E-state index in [2.05, 4.69) is 5.32 Å². The topological polar surface area (TPSA) is 95.9 Å². The van der Waals surface area contributed by atoms with Gasteiger partial charge in [0.2, 0.25) is 5.91 Å². The number of carbonyl (C=O) groups excluding carboxylic acids is 1. The van der Waals surface area contributed by atoms with Crippen molar-refractivity contribution in [2.75, 3.05) is 20.3 Å². The molecule has 3 atom stereocenters. The number of amides is 1. The Morgan fingerprint density at radius 1 is 1.39 bits per heavy atom. The summed E-state index contributed by atoms with van der Waals surface area (Å²) in [7, 11) is 1.51. The van der Waals surface area contributed by atoms with Crippen LogP contribution in [0.3, 0.4) is 0 Å². The summed E-state index contributed by atoms with van der Waals surface area (Å²) in [6, 6.07) is -0.279. The van der Waals surface area contributed by atoms with Gasteiger partial charge in [0.15, 0.2) is 0 Å². The number of aliphatic carboxylic acids is 1. The van der Waals surface area contributed by atoms with Crippen molar-refractivity contribution in [1.29, 1.82) is 0 Å². The lowest BCUT2D eigenvalue weighted by Crippen LogP contribution is -2.40. The maximum absolute atomic E-state index is 12.0. The second kappa shape index (κ2) is 5.67. The van der Waals surface area contributed by atoms with E-state index in [9.17, 15) is 9.59 Å². The van der Waals surface area contributed by atoms with Gasteiger partial charge in [0.05, 0.1) is 24.5 Å². The lowest BCUT2D eigenvalue weighted by atomic mass is 10.1. The maximum Gasteiger partial charge on any atom is 0.307 e. The summed E-state index contributed by atoms with van der Waals surface area (Å²) in [6.45, 7) is 3.79. The average molecular weight is 259 g/mol. The van der Waals surface area contributed by atoms with E-state index in [0.717, 1.165) is 0 Å². The van der Waals surface area contributed by atoms with Crippen molar-refractivity contribution in [1.82, 2.24) is 5.32 Å². The highest BCUT2D eigenvalue weighted by Crippen LogP contribution is 2.58. The predicted octanol–water partition coefficient (Wildman–Crippen LogP) is -0.143. The van der Waals surface area contributed by atoms with Crippen molar-refractivity contribution in [2.24, 2.45) is 17.3 Å². The van der Waals surface area contributed by atoms with Crippen LogP contribution in [0.15, 0.2) is 0 Å². The first-order valence-corrected chi connectivity index (χ1v) is 5.99. The second-order valence-electron chi connectivity index (χ2n) is 5.29. The molecule has 0 aromatic carbocycles. The molecule has 0 heterocycles. The van der Waals surface area contributed by atoms with Crippen LogP contribution < -0.4 is 5.32 Å². The summed E-state index contributed by atoms with van der Waals surface area (Å²) in [4.78, 5) is 23.0. The highest BCUT2D eigenvalue weighted by Gasteiger charge is 2.65. The minimum absolute atomic E-state index is 0.0509. The number of hydrogen-bond acceptors (Lipinski definition) is 4. The second-order valence-corrected chi connectivity index (χ2v) is 5.29. The largest absolute Gasteiger partial charge is 0.481 e. The quantitative estimate of drug-likeness (QED) is 0.591. The van der Waals surface area contributed by atoms with Gasteiger partial charge >= 0.3 is 5.97 Å². The predicted molar refractivity (Wildman–Crippen MR) is 63.9 cm³/mol. The number of carboxylic acid groups (broad SMARTS) is 1. The van der Waals surface area contributed by atoms with Gasteiger partial charge in [0, 0.05) is 13.7 Å². The molecule has 0 spiro atoms. The van der Waals surface area contributed by atoms with E-state index in [1.54, 1.807) is 13.8 Å².